The van der Waals surface area contributed by atoms with Crippen LogP contribution in [0.25, 0.3) is 0 Å². The molecular formula is C15H22ClN5O2. The second-order valence-electron chi connectivity index (χ2n) is 5.46. The van der Waals surface area contributed by atoms with Gasteiger partial charge < -0.3 is 15.7 Å². The van der Waals surface area contributed by atoms with E-state index in [1.54, 1.807) is 0 Å². The third-order valence-electron chi connectivity index (χ3n) is 3.10. The lowest BCUT2D eigenvalue weighted by Gasteiger charge is -2.38. The highest BCUT2D eigenvalue weighted by Crippen LogP contribution is 2.17. The Morgan fingerprint density at radius 2 is 1.96 bits per heavy atom. The molecule has 126 valence electrons. The fraction of sp³-hybridized carbons (Fsp3) is 0.400. The van der Waals surface area contributed by atoms with E-state index < -0.39 is 11.6 Å². The Morgan fingerprint density at radius 1 is 1.43 bits per heavy atom. The predicted molar refractivity (Wildman–Crippen MR) is 92.5 cm³/mol. The van der Waals surface area contributed by atoms with Gasteiger partial charge in [0.1, 0.15) is 5.66 Å². The summed E-state index contributed by atoms with van der Waals surface area (Å²) >= 11 is 5.85. The molecule has 0 spiro atoms. The topological polar surface area (TPSA) is 103 Å². The summed E-state index contributed by atoms with van der Waals surface area (Å²) in [4.78, 5) is 19.8. The highest BCUT2D eigenvalue weighted by Gasteiger charge is 2.30. The molecule has 1 aliphatic heterocycles. The van der Waals surface area contributed by atoms with Crippen LogP contribution in [0.3, 0.4) is 0 Å². The minimum Gasteiger partial charge on any atom is -0.481 e. The van der Waals surface area contributed by atoms with Gasteiger partial charge in [-0.25, -0.2) is 9.98 Å². The number of carboxylic acid groups (broad SMARTS) is 1. The molecule has 0 aromatic heterocycles. The van der Waals surface area contributed by atoms with E-state index in [9.17, 15) is 0 Å². The number of guanidine groups is 2. The van der Waals surface area contributed by atoms with Crippen molar-refractivity contribution in [3.8, 4) is 0 Å². The predicted octanol–water partition coefficient (Wildman–Crippen LogP) is 1.87. The first kappa shape index (κ1) is 18.8. The van der Waals surface area contributed by atoms with E-state index in [0.29, 0.717) is 18.5 Å². The van der Waals surface area contributed by atoms with Crippen LogP contribution >= 0.6 is 11.6 Å². The van der Waals surface area contributed by atoms with Gasteiger partial charge in [-0.1, -0.05) is 23.7 Å². The molecule has 23 heavy (non-hydrogen) atoms. The largest absolute Gasteiger partial charge is 0.481 e. The van der Waals surface area contributed by atoms with Crippen LogP contribution < -0.4 is 11.1 Å². The number of hydrogen-bond donors (Lipinski definition) is 3. The molecule has 0 fully saturated rings. The highest BCUT2D eigenvalue weighted by molar-refractivity contribution is 6.30. The van der Waals surface area contributed by atoms with E-state index in [1.807, 2.05) is 50.1 Å². The Labute approximate surface area is 140 Å². The Hall–Kier alpha value is -2.28. The van der Waals surface area contributed by atoms with Crippen molar-refractivity contribution in [3.05, 3.63) is 34.9 Å². The number of nitrogens with zero attached hydrogens (tertiary/aromatic N) is 3. The second-order valence-corrected chi connectivity index (χ2v) is 5.90. The number of rotatable bonds is 2. The lowest BCUT2D eigenvalue weighted by Crippen LogP contribution is -2.58. The summed E-state index contributed by atoms with van der Waals surface area (Å²) in [5.74, 6) is 0.269. The summed E-state index contributed by atoms with van der Waals surface area (Å²) in [6.07, 6.45) is 0. The number of aliphatic imine (C=N–C) groups is 2. The van der Waals surface area contributed by atoms with Crippen LogP contribution in [-0.4, -0.2) is 40.6 Å². The van der Waals surface area contributed by atoms with E-state index in [-0.39, 0.29) is 0 Å². The fourth-order valence-electron chi connectivity index (χ4n) is 1.76. The monoisotopic (exact) mass is 339 g/mol. The highest BCUT2D eigenvalue weighted by atomic mass is 35.5. The van der Waals surface area contributed by atoms with Crippen molar-refractivity contribution < 1.29 is 9.90 Å². The third-order valence-corrected chi connectivity index (χ3v) is 3.35. The van der Waals surface area contributed by atoms with Crippen LogP contribution in [0.4, 0.5) is 0 Å². The molecule has 8 heteroatoms. The molecule has 0 unspecified atom stereocenters. The van der Waals surface area contributed by atoms with E-state index >= 15 is 0 Å². The van der Waals surface area contributed by atoms with Gasteiger partial charge in [0.05, 0.1) is 6.54 Å². The van der Waals surface area contributed by atoms with Gasteiger partial charge in [-0.15, -0.1) is 0 Å². The average Bonchev–Trinajstić information content (AvgIpc) is 2.42. The SMILES string of the molecule is CC(=O)O.CN1C(=NCc2ccc(Cl)cc2)NC(N)=NC1(C)C. The number of nitrogens with one attached hydrogen (secondary N) is 1. The lowest BCUT2D eigenvalue weighted by atomic mass is 10.2. The molecule has 0 atom stereocenters. The van der Waals surface area contributed by atoms with Crippen molar-refractivity contribution in [1.82, 2.24) is 10.2 Å². The van der Waals surface area contributed by atoms with Crippen LogP contribution in [0, 0.1) is 0 Å². The van der Waals surface area contributed by atoms with Gasteiger partial charge in [0.2, 0.25) is 5.96 Å². The van der Waals surface area contributed by atoms with E-state index in [2.05, 4.69) is 15.3 Å². The second kappa shape index (κ2) is 7.82. The molecular weight excluding hydrogens is 318 g/mol. The first-order valence-electron chi connectivity index (χ1n) is 6.96. The lowest BCUT2D eigenvalue weighted by molar-refractivity contribution is -0.134. The van der Waals surface area contributed by atoms with Crippen molar-refractivity contribution >= 4 is 29.5 Å². The summed E-state index contributed by atoms with van der Waals surface area (Å²) in [6.45, 7) is 5.62. The zero-order chi connectivity index (χ0) is 17.6. The molecule has 0 aliphatic carbocycles. The first-order chi connectivity index (χ1) is 10.6. The molecule has 4 N–H and O–H groups in total. The Morgan fingerprint density at radius 3 is 2.48 bits per heavy atom. The minimum absolute atomic E-state index is 0.387. The molecule has 1 aliphatic rings. The minimum atomic E-state index is -0.833. The summed E-state index contributed by atoms with van der Waals surface area (Å²) in [5.41, 5.74) is 6.46. The summed E-state index contributed by atoms with van der Waals surface area (Å²) in [5, 5.41) is 11.1. The van der Waals surface area contributed by atoms with Gasteiger partial charge in [0.25, 0.3) is 5.97 Å². The number of aliphatic carboxylic acids is 1. The van der Waals surface area contributed by atoms with Gasteiger partial charge in [0, 0.05) is 19.0 Å². The summed E-state index contributed by atoms with van der Waals surface area (Å²) in [7, 11) is 1.93. The number of halogens is 1. The quantitative estimate of drug-likeness (QED) is 0.763. The number of benzene rings is 1. The number of nitrogens with two attached hydrogens (primary N) is 1. The molecule has 7 nitrogen and oxygen atoms in total. The number of carbonyl (C=O) groups is 1. The van der Waals surface area contributed by atoms with Gasteiger partial charge in [-0.2, -0.15) is 0 Å². The van der Waals surface area contributed by atoms with Crippen molar-refractivity contribution in [2.45, 2.75) is 33.0 Å². The van der Waals surface area contributed by atoms with Gasteiger partial charge in [-0.3, -0.25) is 10.1 Å². The molecule has 2 rings (SSSR count). The van der Waals surface area contributed by atoms with Crippen LogP contribution in [0.2, 0.25) is 5.02 Å². The summed E-state index contributed by atoms with van der Waals surface area (Å²) in [6, 6.07) is 7.62. The van der Waals surface area contributed by atoms with Crippen molar-refractivity contribution in [2.24, 2.45) is 15.7 Å². The molecule has 0 amide bonds. The van der Waals surface area contributed by atoms with Crippen molar-refractivity contribution in [1.29, 1.82) is 0 Å². The van der Waals surface area contributed by atoms with Crippen LogP contribution in [0.1, 0.15) is 26.3 Å². The number of hydrogen-bond acceptors (Lipinski definition) is 4. The van der Waals surface area contributed by atoms with E-state index in [0.717, 1.165) is 17.5 Å². The van der Waals surface area contributed by atoms with Crippen molar-refractivity contribution in [3.63, 3.8) is 0 Å². The van der Waals surface area contributed by atoms with Gasteiger partial charge >= 0.3 is 0 Å². The first-order valence-corrected chi connectivity index (χ1v) is 7.34. The smallest absolute Gasteiger partial charge is 0.300 e. The summed E-state index contributed by atoms with van der Waals surface area (Å²) < 4.78 is 0. The van der Waals surface area contributed by atoms with Gasteiger partial charge in [-0.05, 0) is 31.5 Å². The third kappa shape index (κ3) is 6.15. The molecule has 1 aromatic rings. The molecule has 1 heterocycles. The zero-order valence-corrected chi connectivity index (χ0v) is 14.4. The van der Waals surface area contributed by atoms with Crippen molar-refractivity contribution in [2.75, 3.05) is 7.05 Å². The number of carboxylic acids is 1. The Bertz CT molecular complexity index is 607. The molecule has 0 radical (unpaired) electrons. The molecule has 0 saturated heterocycles. The molecule has 0 bridgehead atoms. The van der Waals surface area contributed by atoms with Gasteiger partial charge in [0.15, 0.2) is 5.96 Å². The normalized spacial score (nSPS) is 17.7. The van der Waals surface area contributed by atoms with E-state index in [1.165, 1.54) is 0 Å². The molecule has 0 saturated carbocycles. The maximum atomic E-state index is 9.00. The zero-order valence-electron chi connectivity index (χ0n) is 13.7. The fourth-order valence-corrected chi connectivity index (χ4v) is 1.88. The Balaban J connectivity index is 0.000000593. The van der Waals surface area contributed by atoms with Crippen LogP contribution in [0.15, 0.2) is 34.3 Å². The van der Waals surface area contributed by atoms with Crippen LogP contribution in [0.5, 0.6) is 0 Å². The maximum absolute atomic E-state index is 9.00. The van der Waals surface area contributed by atoms with E-state index in [4.69, 9.17) is 27.2 Å². The Kier molecular flexibility index (Phi) is 6.38. The van der Waals surface area contributed by atoms with Crippen LogP contribution in [-0.2, 0) is 11.3 Å². The average molecular weight is 340 g/mol. The standard InChI is InChI=1S/C13H18ClN5.C2H4O2/c1-13(2)18-11(15)17-12(19(13)3)16-8-9-4-6-10(14)7-5-9;1-2(3)4/h4-7H,8H2,1-3H3,(H3,15,16,17,18);1H3,(H,3,4). The maximum Gasteiger partial charge on any atom is 0.300 e. The molecule has 1 aromatic carbocycles.